The molecule has 0 aliphatic carbocycles. The molecule has 2 heterocycles. The number of aromatic nitrogens is 2. The summed E-state index contributed by atoms with van der Waals surface area (Å²) in [6.45, 7) is 3.73. The van der Waals surface area contributed by atoms with Crippen molar-refractivity contribution >= 4 is 34.2 Å². The number of carbonyl (C=O) groups excluding carboxylic acids is 1. The van der Waals surface area contributed by atoms with Gasteiger partial charge in [0.05, 0.1) is 4.47 Å². The van der Waals surface area contributed by atoms with Crippen molar-refractivity contribution in [2.24, 2.45) is 11.1 Å². The first-order chi connectivity index (χ1) is 9.34. The lowest BCUT2D eigenvalue weighted by Crippen LogP contribution is -2.39. The molecule has 21 heavy (non-hydrogen) atoms. The maximum absolute atomic E-state index is 12.2. The van der Waals surface area contributed by atoms with Crippen molar-refractivity contribution in [1.82, 2.24) is 14.5 Å². The van der Waals surface area contributed by atoms with Crippen LogP contribution >= 0.6 is 28.3 Å². The van der Waals surface area contributed by atoms with Crippen molar-refractivity contribution in [2.45, 2.75) is 19.9 Å². The van der Waals surface area contributed by atoms with E-state index < -0.39 is 11.2 Å². The fourth-order valence-electron chi connectivity index (χ4n) is 2.25. The Labute approximate surface area is 136 Å². The molecule has 7 nitrogen and oxygen atoms in total. The van der Waals surface area contributed by atoms with Crippen molar-refractivity contribution in [3.05, 3.63) is 31.5 Å². The second kappa shape index (κ2) is 6.76. The van der Waals surface area contributed by atoms with Crippen LogP contribution in [0, 0.1) is 5.41 Å². The molecule has 1 amide bonds. The molecule has 0 spiro atoms. The van der Waals surface area contributed by atoms with Crippen LogP contribution in [0.1, 0.15) is 13.3 Å². The smallest absolute Gasteiger partial charge is 0.328 e. The van der Waals surface area contributed by atoms with Gasteiger partial charge in [-0.25, -0.2) is 4.79 Å². The lowest BCUT2D eigenvalue weighted by atomic mass is 9.90. The van der Waals surface area contributed by atoms with Crippen LogP contribution in [-0.4, -0.2) is 40.0 Å². The largest absolute Gasteiger partial charge is 0.341 e. The van der Waals surface area contributed by atoms with E-state index in [4.69, 9.17) is 5.73 Å². The lowest BCUT2D eigenvalue weighted by molar-refractivity contribution is -0.131. The van der Waals surface area contributed by atoms with Crippen molar-refractivity contribution in [3.63, 3.8) is 0 Å². The Morgan fingerprint density at radius 1 is 1.52 bits per heavy atom. The van der Waals surface area contributed by atoms with Crippen LogP contribution in [-0.2, 0) is 11.3 Å². The fraction of sp³-hybridized carbons (Fsp3) is 0.583. The highest BCUT2D eigenvalue weighted by Gasteiger charge is 2.34. The van der Waals surface area contributed by atoms with E-state index in [1.807, 2.05) is 6.92 Å². The predicted molar refractivity (Wildman–Crippen MR) is 84.6 cm³/mol. The Bertz CT molecular complexity index is 644. The molecule has 1 fully saturated rings. The van der Waals surface area contributed by atoms with Crippen LogP contribution in [0.15, 0.2) is 20.3 Å². The van der Waals surface area contributed by atoms with E-state index in [1.165, 1.54) is 10.8 Å². The summed E-state index contributed by atoms with van der Waals surface area (Å²) < 4.78 is 1.41. The van der Waals surface area contributed by atoms with E-state index in [0.29, 0.717) is 19.6 Å². The highest BCUT2D eigenvalue weighted by Crippen LogP contribution is 2.28. The third-order valence-electron chi connectivity index (χ3n) is 3.68. The molecule has 9 heteroatoms. The third-order valence-corrected chi connectivity index (χ3v) is 4.24. The molecule has 3 N–H and O–H groups in total. The second-order valence-electron chi connectivity index (χ2n) is 5.44. The Morgan fingerprint density at radius 2 is 2.19 bits per heavy atom. The number of aromatic amines is 1. The zero-order valence-corrected chi connectivity index (χ0v) is 14.0. The molecule has 1 saturated heterocycles. The van der Waals surface area contributed by atoms with Gasteiger partial charge >= 0.3 is 5.69 Å². The van der Waals surface area contributed by atoms with Gasteiger partial charge in [0.2, 0.25) is 5.91 Å². The summed E-state index contributed by atoms with van der Waals surface area (Å²) in [7, 11) is 0. The number of nitrogens with one attached hydrogen (secondary N) is 1. The summed E-state index contributed by atoms with van der Waals surface area (Å²) in [4.78, 5) is 38.9. The third kappa shape index (κ3) is 3.96. The molecule has 0 radical (unpaired) electrons. The van der Waals surface area contributed by atoms with Gasteiger partial charge in [0.15, 0.2) is 0 Å². The number of hydrogen-bond acceptors (Lipinski definition) is 4. The average molecular weight is 382 g/mol. The van der Waals surface area contributed by atoms with Gasteiger partial charge in [-0.15, -0.1) is 12.4 Å². The zero-order valence-electron chi connectivity index (χ0n) is 11.6. The summed E-state index contributed by atoms with van der Waals surface area (Å²) >= 11 is 3.04. The molecule has 118 valence electrons. The SMILES string of the molecule is CC1(CN)CCN(C(=O)Cn2cc(Br)c(=O)[nH]c2=O)C1.Cl. The number of likely N-dealkylation sites (tertiary alicyclic amines) is 1. The Hall–Kier alpha value is -1.12. The van der Waals surface area contributed by atoms with Gasteiger partial charge < -0.3 is 10.6 Å². The molecule has 1 atom stereocenters. The first-order valence-electron chi connectivity index (χ1n) is 6.32. The second-order valence-corrected chi connectivity index (χ2v) is 6.30. The number of halogens is 2. The van der Waals surface area contributed by atoms with Crippen LogP contribution in [0.5, 0.6) is 0 Å². The van der Waals surface area contributed by atoms with E-state index in [-0.39, 0.29) is 34.7 Å². The number of H-pyrrole nitrogens is 1. The monoisotopic (exact) mass is 380 g/mol. The maximum atomic E-state index is 12.2. The Kier molecular flexibility index (Phi) is 5.77. The van der Waals surface area contributed by atoms with Gasteiger partial charge in [0, 0.05) is 19.3 Å². The van der Waals surface area contributed by atoms with Crippen LogP contribution < -0.4 is 17.0 Å². The Morgan fingerprint density at radius 3 is 2.76 bits per heavy atom. The van der Waals surface area contributed by atoms with Gasteiger partial charge in [-0.05, 0) is 34.3 Å². The standard InChI is InChI=1S/C12H17BrN4O3.ClH/c1-12(6-14)2-3-16(7-12)9(18)5-17-4-8(13)10(19)15-11(17)20;/h4H,2-3,5-7,14H2,1H3,(H,15,19,20);1H. The van der Waals surface area contributed by atoms with E-state index >= 15 is 0 Å². The van der Waals surface area contributed by atoms with Crippen LogP contribution in [0.2, 0.25) is 0 Å². The lowest BCUT2D eigenvalue weighted by Gasteiger charge is -2.22. The van der Waals surface area contributed by atoms with Gasteiger partial charge in [-0.3, -0.25) is 19.1 Å². The molecule has 0 saturated carbocycles. The molecule has 1 unspecified atom stereocenters. The highest BCUT2D eigenvalue weighted by atomic mass is 79.9. The number of nitrogens with zero attached hydrogens (tertiary/aromatic N) is 2. The normalized spacial score (nSPS) is 21.2. The molecule has 2 rings (SSSR count). The summed E-state index contributed by atoms with van der Waals surface area (Å²) in [5.74, 6) is -0.150. The van der Waals surface area contributed by atoms with Crippen molar-refractivity contribution in [3.8, 4) is 0 Å². The van der Waals surface area contributed by atoms with E-state index in [2.05, 4.69) is 20.9 Å². The quantitative estimate of drug-likeness (QED) is 0.764. The first-order valence-corrected chi connectivity index (χ1v) is 7.11. The molecular weight excluding hydrogens is 364 g/mol. The number of carbonyl (C=O) groups is 1. The topological polar surface area (TPSA) is 101 Å². The van der Waals surface area contributed by atoms with Gasteiger partial charge in [-0.2, -0.15) is 0 Å². The van der Waals surface area contributed by atoms with Crippen molar-refractivity contribution < 1.29 is 4.79 Å². The number of hydrogen-bond donors (Lipinski definition) is 2. The van der Waals surface area contributed by atoms with Gasteiger partial charge in [0.25, 0.3) is 5.56 Å². The first kappa shape index (κ1) is 17.9. The Balaban J connectivity index is 0.00000220. The number of rotatable bonds is 3. The van der Waals surface area contributed by atoms with Crippen molar-refractivity contribution in [2.75, 3.05) is 19.6 Å². The molecule has 0 aromatic carbocycles. The summed E-state index contributed by atoms with van der Waals surface area (Å²) in [6.07, 6.45) is 2.19. The molecule has 1 aliphatic rings. The van der Waals surface area contributed by atoms with Gasteiger partial charge in [0.1, 0.15) is 6.54 Å². The summed E-state index contributed by atoms with van der Waals surface area (Å²) in [6, 6.07) is 0. The minimum absolute atomic E-state index is 0. The van der Waals surface area contributed by atoms with Crippen LogP contribution in [0.4, 0.5) is 0 Å². The molecule has 1 aromatic heterocycles. The summed E-state index contributed by atoms with van der Waals surface area (Å²) in [5.41, 5.74) is 4.56. The minimum Gasteiger partial charge on any atom is -0.341 e. The van der Waals surface area contributed by atoms with E-state index in [1.54, 1.807) is 4.90 Å². The van der Waals surface area contributed by atoms with Gasteiger partial charge in [-0.1, -0.05) is 6.92 Å². The fourth-order valence-corrected chi connectivity index (χ4v) is 2.60. The average Bonchev–Trinajstić information content (AvgIpc) is 2.79. The van der Waals surface area contributed by atoms with E-state index in [0.717, 1.165) is 6.42 Å². The predicted octanol–water partition coefficient (Wildman–Crippen LogP) is -0.0818. The summed E-state index contributed by atoms with van der Waals surface area (Å²) in [5, 5.41) is 0. The van der Waals surface area contributed by atoms with Crippen molar-refractivity contribution in [1.29, 1.82) is 0 Å². The minimum atomic E-state index is -0.590. The molecule has 1 aliphatic heterocycles. The number of nitrogens with two attached hydrogens (primary N) is 1. The van der Waals surface area contributed by atoms with Crippen LogP contribution in [0.25, 0.3) is 0 Å². The van der Waals surface area contributed by atoms with E-state index in [9.17, 15) is 14.4 Å². The maximum Gasteiger partial charge on any atom is 0.328 e. The molecule has 0 bridgehead atoms. The highest BCUT2D eigenvalue weighted by molar-refractivity contribution is 9.10. The zero-order chi connectivity index (χ0) is 14.9. The molecule has 1 aromatic rings. The van der Waals surface area contributed by atoms with Crippen LogP contribution in [0.3, 0.4) is 0 Å². The number of amides is 1. The molecular formula is C12H18BrClN4O3.